The number of rotatable bonds is 5. The lowest BCUT2D eigenvalue weighted by atomic mass is 10.3. The maximum atomic E-state index is 12.4. The number of benzene rings is 1. The molecule has 0 saturated carbocycles. The van der Waals surface area contributed by atoms with Gasteiger partial charge in [0.05, 0.1) is 19.8 Å². The summed E-state index contributed by atoms with van der Waals surface area (Å²) in [6.45, 7) is 2.36. The molecule has 1 aliphatic heterocycles. The lowest BCUT2D eigenvalue weighted by Crippen LogP contribution is -2.45. The molecule has 0 bridgehead atoms. The van der Waals surface area contributed by atoms with Crippen LogP contribution < -0.4 is 15.2 Å². The van der Waals surface area contributed by atoms with E-state index in [-0.39, 0.29) is 23.3 Å². The quantitative estimate of drug-likeness (QED) is 0.736. The van der Waals surface area contributed by atoms with Crippen molar-refractivity contribution >= 4 is 15.7 Å². The second-order valence-electron chi connectivity index (χ2n) is 5.02. The first-order valence-electron chi connectivity index (χ1n) is 6.65. The molecule has 7 nitrogen and oxygen atoms in total. The van der Waals surface area contributed by atoms with Crippen molar-refractivity contribution in [2.45, 2.75) is 11.0 Å². The van der Waals surface area contributed by atoms with Gasteiger partial charge in [-0.2, -0.15) is 0 Å². The Kier molecular flexibility index (Phi) is 5.04. The largest absolute Gasteiger partial charge is 0.495 e. The first kappa shape index (κ1) is 16.0. The molecular weight excluding hydrogens is 294 g/mol. The molecule has 2 rings (SSSR count). The van der Waals surface area contributed by atoms with Gasteiger partial charge in [-0.25, -0.2) is 13.1 Å². The number of ether oxygens (including phenoxy) is 2. The molecule has 0 aliphatic carbocycles. The minimum Gasteiger partial charge on any atom is -0.495 e. The van der Waals surface area contributed by atoms with Gasteiger partial charge in [-0.1, -0.05) is 0 Å². The molecule has 21 heavy (non-hydrogen) atoms. The topological polar surface area (TPSA) is 93.9 Å². The minimum atomic E-state index is -3.70. The van der Waals surface area contributed by atoms with E-state index in [1.54, 1.807) is 6.07 Å². The standard InChI is InChI=1S/C13H21N3O4S/c1-16-5-6-20-11(9-16)8-15-21(17,18)13-7-10(14)3-4-12(13)19-2/h3-4,7,11,15H,5-6,8-9,14H2,1-2H3. The molecule has 1 fully saturated rings. The Bertz CT molecular complexity index is 591. The van der Waals surface area contributed by atoms with Gasteiger partial charge in [-0.15, -0.1) is 0 Å². The van der Waals surface area contributed by atoms with E-state index in [0.717, 1.165) is 6.54 Å². The van der Waals surface area contributed by atoms with Crippen molar-refractivity contribution in [2.24, 2.45) is 0 Å². The SMILES string of the molecule is COc1ccc(N)cc1S(=O)(=O)NCC1CN(C)CCO1. The number of nitrogens with two attached hydrogens (primary N) is 1. The number of sulfonamides is 1. The van der Waals surface area contributed by atoms with Gasteiger partial charge < -0.3 is 20.1 Å². The number of nitrogen functional groups attached to an aromatic ring is 1. The predicted octanol–water partition coefficient (Wildman–Crippen LogP) is -0.114. The molecule has 0 amide bonds. The number of hydrogen-bond acceptors (Lipinski definition) is 6. The van der Waals surface area contributed by atoms with Crippen LogP contribution in [0.4, 0.5) is 5.69 Å². The molecule has 1 aromatic rings. The predicted molar refractivity (Wildman–Crippen MR) is 79.8 cm³/mol. The summed E-state index contributed by atoms with van der Waals surface area (Å²) < 4.78 is 37.9. The Balaban J connectivity index is 2.09. The Hall–Kier alpha value is -1.35. The second kappa shape index (κ2) is 6.61. The number of likely N-dealkylation sites (N-methyl/N-ethyl adjacent to an activating group) is 1. The Morgan fingerprint density at radius 3 is 2.95 bits per heavy atom. The van der Waals surface area contributed by atoms with E-state index in [2.05, 4.69) is 9.62 Å². The molecule has 1 aromatic carbocycles. The van der Waals surface area contributed by atoms with Crippen LogP contribution in [0.15, 0.2) is 23.1 Å². The van der Waals surface area contributed by atoms with Crippen molar-refractivity contribution in [3.8, 4) is 5.75 Å². The van der Waals surface area contributed by atoms with Crippen molar-refractivity contribution in [1.29, 1.82) is 0 Å². The van der Waals surface area contributed by atoms with E-state index in [9.17, 15) is 8.42 Å². The highest BCUT2D eigenvalue weighted by molar-refractivity contribution is 7.89. The van der Waals surface area contributed by atoms with Crippen LogP contribution >= 0.6 is 0 Å². The van der Waals surface area contributed by atoms with Gasteiger partial charge in [0.25, 0.3) is 0 Å². The molecule has 0 spiro atoms. The summed E-state index contributed by atoms with van der Waals surface area (Å²) >= 11 is 0. The summed E-state index contributed by atoms with van der Waals surface area (Å²) in [5.41, 5.74) is 6.02. The zero-order valence-corrected chi connectivity index (χ0v) is 13.0. The number of anilines is 1. The first-order valence-corrected chi connectivity index (χ1v) is 8.14. The van der Waals surface area contributed by atoms with Gasteiger partial charge in [-0.3, -0.25) is 0 Å². The zero-order chi connectivity index (χ0) is 15.5. The number of morpholine rings is 1. The van der Waals surface area contributed by atoms with Crippen LogP contribution in [-0.2, 0) is 14.8 Å². The van der Waals surface area contributed by atoms with E-state index >= 15 is 0 Å². The fourth-order valence-corrected chi connectivity index (χ4v) is 3.44. The van der Waals surface area contributed by atoms with Crippen molar-refractivity contribution in [3.63, 3.8) is 0 Å². The van der Waals surface area contributed by atoms with Crippen LogP contribution in [-0.4, -0.2) is 59.8 Å². The van der Waals surface area contributed by atoms with Gasteiger partial charge >= 0.3 is 0 Å². The molecule has 3 N–H and O–H groups in total. The van der Waals surface area contributed by atoms with Crippen LogP contribution in [0.1, 0.15) is 0 Å². The molecule has 0 aromatic heterocycles. The van der Waals surface area contributed by atoms with E-state index in [1.165, 1.54) is 19.2 Å². The maximum absolute atomic E-state index is 12.4. The molecule has 1 saturated heterocycles. The minimum absolute atomic E-state index is 0.0363. The number of nitrogens with one attached hydrogen (secondary N) is 1. The van der Waals surface area contributed by atoms with E-state index in [1.807, 2.05) is 7.05 Å². The van der Waals surface area contributed by atoms with Gasteiger partial charge in [0.15, 0.2) is 0 Å². The average Bonchev–Trinajstić information content (AvgIpc) is 2.45. The summed E-state index contributed by atoms with van der Waals surface area (Å²) in [6.07, 6.45) is -0.162. The highest BCUT2D eigenvalue weighted by atomic mass is 32.2. The van der Waals surface area contributed by atoms with Crippen LogP contribution in [0.25, 0.3) is 0 Å². The molecule has 8 heteroatoms. The van der Waals surface area contributed by atoms with E-state index in [0.29, 0.717) is 18.8 Å². The molecule has 1 aliphatic rings. The van der Waals surface area contributed by atoms with Crippen molar-refractivity contribution in [2.75, 3.05) is 46.1 Å². The summed E-state index contributed by atoms with van der Waals surface area (Å²) in [7, 11) is -0.298. The first-order chi connectivity index (χ1) is 9.92. The monoisotopic (exact) mass is 315 g/mol. The summed E-state index contributed by atoms with van der Waals surface area (Å²) in [5, 5.41) is 0. The molecule has 0 radical (unpaired) electrons. The highest BCUT2D eigenvalue weighted by Crippen LogP contribution is 2.25. The molecule has 1 heterocycles. The smallest absolute Gasteiger partial charge is 0.244 e. The summed E-state index contributed by atoms with van der Waals surface area (Å²) in [4.78, 5) is 2.14. The molecule has 1 atom stereocenters. The number of nitrogens with zero attached hydrogens (tertiary/aromatic N) is 1. The van der Waals surface area contributed by atoms with Crippen LogP contribution in [0.3, 0.4) is 0 Å². The normalized spacial score (nSPS) is 20.4. The number of hydrogen-bond donors (Lipinski definition) is 2. The fourth-order valence-electron chi connectivity index (χ4n) is 2.17. The third-order valence-corrected chi connectivity index (χ3v) is 4.76. The van der Waals surface area contributed by atoms with Crippen molar-refractivity contribution in [1.82, 2.24) is 9.62 Å². The third-order valence-electron chi connectivity index (χ3n) is 3.32. The van der Waals surface area contributed by atoms with Crippen LogP contribution in [0.2, 0.25) is 0 Å². The molecule has 1 unspecified atom stereocenters. The third kappa shape index (κ3) is 4.07. The second-order valence-corrected chi connectivity index (χ2v) is 6.75. The van der Waals surface area contributed by atoms with Gasteiger partial charge in [0, 0.05) is 25.3 Å². The lowest BCUT2D eigenvalue weighted by Gasteiger charge is -2.30. The lowest BCUT2D eigenvalue weighted by molar-refractivity contribution is -0.0156. The van der Waals surface area contributed by atoms with Gasteiger partial charge in [0.2, 0.25) is 10.0 Å². The van der Waals surface area contributed by atoms with Gasteiger partial charge in [0.1, 0.15) is 10.6 Å². The Morgan fingerprint density at radius 1 is 1.52 bits per heavy atom. The van der Waals surface area contributed by atoms with Crippen LogP contribution in [0.5, 0.6) is 5.75 Å². The Morgan fingerprint density at radius 2 is 2.29 bits per heavy atom. The zero-order valence-electron chi connectivity index (χ0n) is 12.2. The molecule has 118 valence electrons. The van der Waals surface area contributed by atoms with Gasteiger partial charge in [-0.05, 0) is 25.2 Å². The van der Waals surface area contributed by atoms with Crippen LogP contribution in [0, 0.1) is 0 Å². The summed E-state index contributed by atoms with van der Waals surface area (Å²) in [6, 6.07) is 4.51. The van der Waals surface area contributed by atoms with E-state index in [4.69, 9.17) is 15.2 Å². The van der Waals surface area contributed by atoms with Crippen molar-refractivity contribution < 1.29 is 17.9 Å². The van der Waals surface area contributed by atoms with Crippen molar-refractivity contribution in [3.05, 3.63) is 18.2 Å². The van der Waals surface area contributed by atoms with E-state index < -0.39 is 10.0 Å². The Labute approximate surface area is 125 Å². The fraction of sp³-hybridized carbons (Fsp3) is 0.538. The molecular formula is C13H21N3O4S. The average molecular weight is 315 g/mol. The summed E-state index contributed by atoms with van der Waals surface area (Å²) in [5.74, 6) is 0.262. The highest BCUT2D eigenvalue weighted by Gasteiger charge is 2.23. The number of methoxy groups -OCH3 is 1. The maximum Gasteiger partial charge on any atom is 0.244 e.